The number of carbonyl (C=O) groups is 1. The Hall–Kier alpha value is -0.900. The average Bonchev–Trinajstić information content (AvgIpc) is 1.88. The van der Waals surface area contributed by atoms with E-state index >= 15 is 0 Å². The molecule has 0 saturated carbocycles. The minimum atomic E-state index is -0.926. The first-order valence-corrected chi connectivity index (χ1v) is 3.55. The largest absolute Gasteiger partial charge is 0.483 e. The van der Waals surface area contributed by atoms with Crippen LogP contribution in [0.1, 0.15) is 0 Å². The van der Waals surface area contributed by atoms with Gasteiger partial charge in [-0.25, -0.2) is 4.79 Å². The fraction of sp³-hybridized carbons (Fsp3) is 0.167. The van der Waals surface area contributed by atoms with E-state index in [2.05, 4.69) is 0 Å². The van der Waals surface area contributed by atoms with E-state index in [0.29, 0.717) is 0 Å². The zero-order valence-electron chi connectivity index (χ0n) is 5.06. The molecule has 0 aromatic heterocycles. The van der Waals surface area contributed by atoms with Crippen molar-refractivity contribution >= 4 is 17.1 Å². The van der Waals surface area contributed by atoms with Gasteiger partial charge in [0.2, 0.25) is 0 Å². The SMILES string of the molecule is O=C(O)SC1C=CC=CO1. The Labute approximate surface area is 62.4 Å². The minimum Gasteiger partial charge on any atom is -0.483 e. The van der Waals surface area contributed by atoms with Gasteiger partial charge in [-0.05, 0) is 12.2 Å². The smallest absolute Gasteiger partial charge is 0.368 e. The first kappa shape index (κ1) is 7.21. The standard InChI is InChI=1S/C6H6O3S/c7-6(8)10-5-3-1-2-4-9-5/h1-5H,(H,7,8). The lowest BCUT2D eigenvalue weighted by atomic mass is 10.4. The number of rotatable bonds is 1. The molecule has 1 aliphatic heterocycles. The van der Waals surface area contributed by atoms with Crippen LogP contribution in [0.3, 0.4) is 0 Å². The molecule has 1 heterocycles. The molecular weight excluding hydrogens is 152 g/mol. The average molecular weight is 158 g/mol. The normalized spacial score (nSPS) is 22.2. The van der Waals surface area contributed by atoms with E-state index in [0.717, 1.165) is 11.8 Å². The highest BCUT2D eigenvalue weighted by Gasteiger charge is 2.10. The van der Waals surface area contributed by atoms with E-state index in [9.17, 15) is 4.79 Å². The molecule has 0 radical (unpaired) electrons. The molecule has 0 aromatic carbocycles. The van der Waals surface area contributed by atoms with Crippen LogP contribution in [0.25, 0.3) is 0 Å². The lowest BCUT2D eigenvalue weighted by Crippen LogP contribution is -2.05. The Balaban J connectivity index is 2.37. The fourth-order valence-electron chi connectivity index (χ4n) is 0.535. The molecule has 1 N–H and O–H groups in total. The lowest BCUT2D eigenvalue weighted by molar-refractivity contribution is 0.219. The molecule has 3 nitrogen and oxygen atoms in total. The summed E-state index contributed by atoms with van der Waals surface area (Å²) in [4.78, 5) is 10.1. The summed E-state index contributed by atoms with van der Waals surface area (Å²) in [6.07, 6.45) is 6.61. The van der Waals surface area contributed by atoms with Crippen LogP contribution in [0, 0.1) is 0 Å². The summed E-state index contributed by atoms with van der Waals surface area (Å²) in [5, 5.41) is 7.36. The van der Waals surface area contributed by atoms with Crippen LogP contribution < -0.4 is 0 Å². The van der Waals surface area contributed by atoms with Gasteiger partial charge in [0, 0.05) is 11.8 Å². The second-order valence-corrected chi connectivity index (χ2v) is 2.65. The van der Waals surface area contributed by atoms with E-state index in [1.807, 2.05) is 0 Å². The van der Waals surface area contributed by atoms with Crippen molar-refractivity contribution in [1.29, 1.82) is 0 Å². The minimum absolute atomic E-state index is 0.373. The summed E-state index contributed by atoms with van der Waals surface area (Å²) in [5.41, 5.74) is -0.373. The van der Waals surface area contributed by atoms with Crippen LogP contribution in [0.4, 0.5) is 4.79 Å². The second kappa shape index (κ2) is 3.31. The summed E-state index contributed by atoms with van der Waals surface area (Å²) in [5.74, 6) is 0. The molecule has 0 aliphatic carbocycles. The van der Waals surface area contributed by atoms with Gasteiger partial charge in [-0.15, -0.1) is 0 Å². The number of hydrogen-bond acceptors (Lipinski definition) is 3. The molecule has 0 amide bonds. The van der Waals surface area contributed by atoms with Crippen molar-refractivity contribution in [3.63, 3.8) is 0 Å². The van der Waals surface area contributed by atoms with Gasteiger partial charge in [-0.3, -0.25) is 0 Å². The maximum atomic E-state index is 10.1. The molecule has 1 rings (SSSR count). The zero-order valence-corrected chi connectivity index (χ0v) is 5.88. The van der Waals surface area contributed by atoms with Crippen LogP contribution in [-0.4, -0.2) is 15.8 Å². The van der Waals surface area contributed by atoms with Crippen LogP contribution in [0.15, 0.2) is 24.5 Å². The molecule has 0 saturated heterocycles. The van der Waals surface area contributed by atoms with Crippen molar-refractivity contribution < 1.29 is 14.6 Å². The van der Waals surface area contributed by atoms with Gasteiger partial charge >= 0.3 is 5.30 Å². The maximum absolute atomic E-state index is 10.1. The van der Waals surface area contributed by atoms with E-state index in [-0.39, 0.29) is 5.44 Å². The first-order valence-electron chi connectivity index (χ1n) is 2.67. The molecule has 54 valence electrons. The quantitative estimate of drug-likeness (QED) is 0.632. The van der Waals surface area contributed by atoms with Crippen LogP contribution in [0.5, 0.6) is 0 Å². The topological polar surface area (TPSA) is 46.5 Å². The first-order chi connectivity index (χ1) is 4.79. The highest BCUT2D eigenvalue weighted by Crippen LogP contribution is 2.17. The molecule has 1 atom stereocenters. The summed E-state index contributed by atoms with van der Waals surface area (Å²) in [6, 6.07) is 0. The third kappa shape index (κ3) is 2.14. The van der Waals surface area contributed by atoms with Crippen molar-refractivity contribution in [2.75, 3.05) is 0 Å². The highest BCUT2D eigenvalue weighted by atomic mass is 32.2. The predicted octanol–water partition coefficient (Wildman–Crippen LogP) is 1.82. The van der Waals surface area contributed by atoms with Crippen molar-refractivity contribution in [2.24, 2.45) is 0 Å². The van der Waals surface area contributed by atoms with Crippen LogP contribution in [0.2, 0.25) is 0 Å². The van der Waals surface area contributed by atoms with E-state index < -0.39 is 5.30 Å². The number of allylic oxidation sites excluding steroid dienone is 2. The van der Waals surface area contributed by atoms with E-state index in [1.165, 1.54) is 6.26 Å². The summed E-state index contributed by atoms with van der Waals surface area (Å²) >= 11 is 0.732. The van der Waals surface area contributed by atoms with Crippen molar-refractivity contribution in [3.05, 3.63) is 24.5 Å². The number of hydrogen-bond donors (Lipinski definition) is 1. The van der Waals surface area contributed by atoms with Crippen molar-refractivity contribution in [2.45, 2.75) is 5.44 Å². The Morgan fingerprint density at radius 3 is 2.90 bits per heavy atom. The molecular formula is C6H6O3S. The van der Waals surface area contributed by atoms with Gasteiger partial charge in [0.25, 0.3) is 0 Å². The monoisotopic (exact) mass is 158 g/mol. The van der Waals surface area contributed by atoms with Gasteiger partial charge < -0.3 is 9.84 Å². The second-order valence-electron chi connectivity index (χ2n) is 1.60. The third-order valence-corrected chi connectivity index (χ3v) is 1.59. The van der Waals surface area contributed by atoms with E-state index in [1.54, 1.807) is 18.2 Å². The third-order valence-electron chi connectivity index (χ3n) is 0.888. The van der Waals surface area contributed by atoms with Gasteiger partial charge in [0.15, 0.2) is 5.44 Å². The molecule has 1 aliphatic rings. The van der Waals surface area contributed by atoms with Gasteiger partial charge in [-0.2, -0.15) is 0 Å². The molecule has 4 heteroatoms. The highest BCUT2D eigenvalue weighted by molar-refractivity contribution is 8.13. The van der Waals surface area contributed by atoms with Gasteiger partial charge in [0.05, 0.1) is 6.26 Å². The Bertz CT molecular complexity index is 185. The molecule has 1 unspecified atom stereocenters. The molecule has 0 bridgehead atoms. The number of carboxylic acid groups (broad SMARTS) is 1. The van der Waals surface area contributed by atoms with Crippen LogP contribution in [-0.2, 0) is 4.74 Å². The zero-order chi connectivity index (χ0) is 7.40. The van der Waals surface area contributed by atoms with Gasteiger partial charge in [-0.1, -0.05) is 6.08 Å². The molecule has 10 heavy (non-hydrogen) atoms. The molecule has 0 aromatic rings. The van der Waals surface area contributed by atoms with E-state index in [4.69, 9.17) is 9.84 Å². The Morgan fingerprint density at radius 1 is 1.60 bits per heavy atom. The van der Waals surface area contributed by atoms with Gasteiger partial charge in [0.1, 0.15) is 0 Å². The Morgan fingerprint density at radius 2 is 2.40 bits per heavy atom. The fourth-order valence-corrected chi connectivity index (χ4v) is 1.02. The molecule has 0 spiro atoms. The molecule has 0 fully saturated rings. The number of ether oxygens (including phenoxy) is 1. The Kier molecular flexibility index (Phi) is 2.39. The van der Waals surface area contributed by atoms with Crippen molar-refractivity contribution in [3.8, 4) is 0 Å². The predicted molar refractivity (Wildman–Crippen MR) is 38.8 cm³/mol. The maximum Gasteiger partial charge on any atom is 0.368 e. The summed E-state index contributed by atoms with van der Waals surface area (Å²) in [6.45, 7) is 0. The number of thioether (sulfide) groups is 1. The lowest BCUT2D eigenvalue weighted by Gasteiger charge is -2.10. The summed E-state index contributed by atoms with van der Waals surface area (Å²) in [7, 11) is 0. The summed E-state index contributed by atoms with van der Waals surface area (Å²) < 4.78 is 4.90. The van der Waals surface area contributed by atoms with Crippen molar-refractivity contribution in [1.82, 2.24) is 0 Å². The van der Waals surface area contributed by atoms with Crippen LogP contribution >= 0.6 is 11.8 Å².